The quantitative estimate of drug-likeness (QED) is 0.664. The summed E-state index contributed by atoms with van der Waals surface area (Å²) in [6, 6.07) is 17.5. The summed E-state index contributed by atoms with van der Waals surface area (Å²) in [5.41, 5.74) is 4.06. The monoisotopic (exact) mass is 411 g/mol. The number of benzene rings is 2. The van der Waals surface area contributed by atoms with Gasteiger partial charge in [0, 0.05) is 25.8 Å². The summed E-state index contributed by atoms with van der Waals surface area (Å²) in [4.78, 5) is 19.2. The number of carbonyl (C=O) groups excluding carboxylic acids is 1. The van der Waals surface area contributed by atoms with Gasteiger partial charge in [0.25, 0.3) is 5.91 Å². The van der Waals surface area contributed by atoms with Crippen LogP contribution in [-0.4, -0.2) is 17.4 Å². The molecule has 0 atom stereocenters. The van der Waals surface area contributed by atoms with Gasteiger partial charge in [0.2, 0.25) is 0 Å². The number of nitrogens with zero attached hydrogens (tertiary/aromatic N) is 2. The third kappa shape index (κ3) is 3.98. The van der Waals surface area contributed by atoms with Gasteiger partial charge in [0.05, 0.1) is 15.6 Å². The molecule has 0 saturated carbocycles. The van der Waals surface area contributed by atoms with Gasteiger partial charge in [0.1, 0.15) is 5.82 Å². The average molecular weight is 412 g/mol. The van der Waals surface area contributed by atoms with Crippen molar-refractivity contribution in [2.45, 2.75) is 19.5 Å². The van der Waals surface area contributed by atoms with E-state index in [1.54, 1.807) is 24.4 Å². The third-order valence-corrected chi connectivity index (χ3v) is 5.73. The Balaban J connectivity index is 1.39. The molecule has 1 aliphatic heterocycles. The highest BCUT2D eigenvalue weighted by molar-refractivity contribution is 6.43. The summed E-state index contributed by atoms with van der Waals surface area (Å²) < 4.78 is 0. The molecule has 142 valence electrons. The van der Waals surface area contributed by atoms with Crippen LogP contribution in [0.15, 0.2) is 60.8 Å². The number of halogens is 2. The Hall–Kier alpha value is -2.56. The van der Waals surface area contributed by atoms with E-state index in [4.69, 9.17) is 23.2 Å². The Morgan fingerprint density at radius 3 is 2.64 bits per heavy atom. The van der Waals surface area contributed by atoms with E-state index >= 15 is 0 Å². The van der Waals surface area contributed by atoms with Crippen molar-refractivity contribution in [1.29, 1.82) is 0 Å². The largest absolute Gasteiger partial charge is 0.352 e. The van der Waals surface area contributed by atoms with Crippen molar-refractivity contribution in [3.8, 4) is 0 Å². The molecule has 3 aromatic rings. The van der Waals surface area contributed by atoms with Crippen LogP contribution in [0.1, 0.15) is 27.0 Å². The van der Waals surface area contributed by atoms with Crippen LogP contribution in [0.25, 0.3) is 0 Å². The maximum Gasteiger partial charge on any atom is 0.253 e. The molecule has 0 aliphatic carbocycles. The van der Waals surface area contributed by atoms with Gasteiger partial charge in [-0.25, -0.2) is 4.98 Å². The number of nitrogens with one attached hydrogen (secondary N) is 1. The molecule has 2 aromatic carbocycles. The van der Waals surface area contributed by atoms with Gasteiger partial charge in [-0.05, 0) is 41.3 Å². The van der Waals surface area contributed by atoms with E-state index < -0.39 is 0 Å². The Bertz CT molecular complexity index is 1000. The minimum absolute atomic E-state index is 0.260. The number of amides is 1. The summed E-state index contributed by atoms with van der Waals surface area (Å²) in [6.45, 7) is 2.19. The van der Waals surface area contributed by atoms with Crippen molar-refractivity contribution in [1.82, 2.24) is 10.3 Å². The van der Waals surface area contributed by atoms with E-state index in [9.17, 15) is 4.79 Å². The topological polar surface area (TPSA) is 45.2 Å². The highest BCUT2D eigenvalue weighted by atomic mass is 35.5. The predicted molar refractivity (Wildman–Crippen MR) is 113 cm³/mol. The van der Waals surface area contributed by atoms with Crippen LogP contribution in [0.3, 0.4) is 0 Å². The fraction of sp³-hybridized carbons (Fsp3) is 0.182. The first-order chi connectivity index (χ1) is 13.6. The van der Waals surface area contributed by atoms with Crippen LogP contribution in [-0.2, 0) is 19.5 Å². The molecule has 0 bridgehead atoms. The van der Waals surface area contributed by atoms with E-state index in [1.807, 2.05) is 12.1 Å². The summed E-state index contributed by atoms with van der Waals surface area (Å²) >= 11 is 12.1. The van der Waals surface area contributed by atoms with Gasteiger partial charge in [-0.3, -0.25) is 4.79 Å². The maximum atomic E-state index is 12.3. The summed E-state index contributed by atoms with van der Waals surface area (Å²) in [7, 11) is 0. The molecule has 4 nitrogen and oxygen atoms in total. The van der Waals surface area contributed by atoms with E-state index in [-0.39, 0.29) is 10.9 Å². The zero-order valence-corrected chi connectivity index (χ0v) is 16.7. The Kier molecular flexibility index (Phi) is 5.51. The number of anilines is 1. The first kappa shape index (κ1) is 18.8. The predicted octanol–water partition coefficient (Wildman–Crippen LogP) is 4.88. The average Bonchev–Trinajstić information content (AvgIpc) is 2.74. The first-order valence-electron chi connectivity index (χ1n) is 9.10. The van der Waals surface area contributed by atoms with Crippen LogP contribution in [0, 0.1) is 0 Å². The van der Waals surface area contributed by atoms with Crippen molar-refractivity contribution >= 4 is 34.9 Å². The van der Waals surface area contributed by atoms with E-state index in [2.05, 4.69) is 39.5 Å². The number of hydrogen-bond donors (Lipinski definition) is 1. The lowest BCUT2D eigenvalue weighted by molar-refractivity contribution is 0.0951. The minimum Gasteiger partial charge on any atom is -0.352 e. The highest BCUT2D eigenvalue weighted by Crippen LogP contribution is 2.26. The molecule has 2 heterocycles. The lowest BCUT2D eigenvalue weighted by atomic mass is 10.00. The van der Waals surface area contributed by atoms with Crippen LogP contribution < -0.4 is 10.2 Å². The number of fused-ring (bicyclic) bond motifs is 1. The van der Waals surface area contributed by atoms with Crippen molar-refractivity contribution in [2.75, 3.05) is 11.4 Å². The number of pyridine rings is 1. The fourth-order valence-corrected chi connectivity index (χ4v) is 3.74. The molecule has 0 fully saturated rings. The summed E-state index contributed by atoms with van der Waals surface area (Å²) in [6.07, 6.45) is 2.83. The number of hydrogen-bond acceptors (Lipinski definition) is 3. The molecule has 1 amide bonds. The van der Waals surface area contributed by atoms with Gasteiger partial charge < -0.3 is 10.2 Å². The second-order valence-corrected chi connectivity index (χ2v) is 7.53. The fourth-order valence-electron chi connectivity index (χ4n) is 3.36. The van der Waals surface area contributed by atoms with E-state index in [1.165, 1.54) is 11.1 Å². The van der Waals surface area contributed by atoms with E-state index in [0.29, 0.717) is 17.1 Å². The molecule has 1 N–H and O–H groups in total. The molecule has 0 spiro atoms. The van der Waals surface area contributed by atoms with Crippen molar-refractivity contribution < 1.29 is 4.79 Å². The minimum atomic E-state index is -0.260. The molecule has 28 heavy (non-hydrogen) atoms. The molecule has 1 aliphatic rings. The van der Waals surface area contributed by atoms with Gasteiger partial charge >= 0.3 is 0 Å². The Morgan fingerprint density at radius 2 is 1.86 bits per heavy atom. The molecular formula is C22H19Cl2N3O. The lowest BCUT2D eigenvalue weighted by Gasteiger charge is -2.29. The van der Waals surface area contributed by atoms with Gasteiger partial charge in [-0.2, -0.15) is 0 Å². The SMILES string of the molecule is O=C(NCc1ccc(N2CCc3ccccc3C2)nc1)c1cccc(Cl)c1Cl. The number of aromatic nitrogens is 1. The Labute approximate surface area is 174 Å². The molecule has 6 heteroatoms. The van der Waals surface area contributed by atoms with Crippen LogP contribution >= 0.6 is 23.2 Å². The maximum absolute atomic E-state index is 12.3. The van der Waals surface area contributed by atoms with Crippen LogP contribution in [0.2, 0.25) is 10.0 Å². The summed E-state index contributed by atoms with van der Waals surface area (Å²) in [5, 5.41) is 3.49. The van der Waals surface area contributed by atoms with E-state index in [0.717, 1.165) is 30.9 Å². The van der Waals surface area contributed by atoms with Gasteiger partial charge in [0.15, 0.2) is 0 Å². The third-order valence-electron chi connectivity index (χ3n) is 4.91. The van der Waals surface area contributed by atoms with Crippen LogP contribution in [0.5, 0.6) is 0 Å². The zero-order chi connectivity index (χ0) is 19.5. The first-order valence-corrected chi connectivity index (χ1v) is 9.86. The molecular weight excluding hydrogens is 393 g/mol. The van der Waals surface area contributed by atoms with Crippen molar-refractivity contribution in [3.63, 3.8) is 0 Å². The lowest BCUT2D eigenvalue weighted by Crippen LogP contribution is -2.31. The smallest absolute Gasteiger partial charge is 0.253 e. The van der Waals surface area contributed by atoms with Crippen molar-refractivity contribution in [2.24, 2.45) is 0 Å². The summed E-state index contributed by atoms with van der Waals surface area (Å²) in [5.74, 6) is 0.687. The highest BCUT2D eigenvalue weighted by Gasteiger charge is 2.17. The standard InChI is InChI=1S/C22H19Cl2N3O/c23-19-7-3-6-18(21(19)24)22(28)26-13-15-8-9-20(25-12-15)27-11-10-16-4-1-2-5-17(16)14-27/h1-9,12H,10-11,13-14H2,(H,26,28). The van der Waals surface area contributed by atoms with Crippen LogP contribution in [0.4, 0.5) is 5.82 Å². The van der Waals surface area contributed by atoms with Gasteiger partial charge in [-0.1, -0.05) is 59.6 Å². The normalized spacial score (nSPS) is 13.1. The molecule has 0 unspecified atom stereocenters. The second kappa shape index (κ2) is 8.21. The second-order valence-electron chi connectivity index (χ2n) is 6.75. The zero-order valence-electron chi connectivity index (χ0n) is 15.2. The molecule has 0 radical (unpaired) electrons. The molecule has 4 rings (SSSR count). The van der Waals surface area contributed by atoms with Gasteiger partial charge in [-0.15, -0.1) is 0 Å². The number of carbonyl (C=O) groups is 1. The number of rotatable bonds is 4. The Morgan fingerprint density at radius 1 is 1.04 bits per heavy atom. The van der Waals surface area contributed by atoms with Crippen molar-refractivity contribution in [3.05, 3.63) is 93.1 Å². The molecule has 0 saturated heterocycles. The molecule has 1 aromatic heterocycles.